The van der Waals surface area contributed by atoms with Crippen molar-refractivity contribution in [2.75, 3.05) is 11.9 Å². The molecule has 0 aliphatic heterocycles. The molecule has 0 radical (unpaired) electrons. The minimum atomic E-state index is -0.494. The number of nitriles is 1. The smallest absolute Gasteiger partial charge is 0.266 e. The van der Waals surface area contributed by atoms with Crippen LogP contribution in [0, 0.1) is 14.9 Å². The number of ether oxygens (including phenoxy) is 2. The Morgan fingerprint density at radius 1 is 1.18 bits per heavy atom. The Balaban J connectivity index is 1.85. The first-order chi connectivity index (χ1) is 15.9. The van der Waals surface area contributed by atoms with Crippen LogP contribution in [0.2, 0.25) is 5.02 Å². The van der Waals surface area contributed by atoms with E-state index in [9.17, 15) is 10.1 Å². The van der Waals surface area contributed by atoms with E-state index in [0.717, 1.165) is 13.6 Å². The molecular weight excluding hydrogens is 619 g/mol. The van der Waals surface area contributed by atoms with Crippen molar-refractivity contribution in [1.82, 2.24) is 0 Å². The first-order valence-electron chi connectivity index (χ1n) is 9.92. The lowest BCUT2D eigenvalue weighted by atomic mass is 10.1. The van der Waals surface area contributed by atoms with Gasteiger partial charge in [-0.05, 0) is 83.6 Å². The highest BCUT2D eigenvalue weighted by atomic mass is 127. The van der Waals surface area contributed by atoms with Gasteiger partial charge in [0.1, 0.15) is 18.2 Å². The molecule has 3 rings (SSSR count). The van der Waals surface area contributed by atoms with E-state index in [1.165, 1.54) is 6.08 Å². The lowest BCUT2D eigenvalue weighted by molar-refractivity contribution is -0.112. The highest BCUT2D eigenvalue weighted by Crippen LogP contribution is 2.36. The Labute approximate surface area is 219 Å². The fourth-order valence-corrected chi connectivity index (χ4v) is 4.12. The quantitative estimate of drug-likeness (QED) is 0.161. The fraction of sp³-hybridized carbons (Fsp3) is 0.120. The maximum atomic E-state index is 12.6. The monoisotopic (exact) mass is 636 g/mol. The summed E-state index contributed by atoms with van der Waals surface area (Å²) in [5.41, 5.74) is 2.08. The molecule has 0 spiro atoms. The molecule has 168 valence electrons. The molecule has 0 saturated heterocycles. The van der Waals surface area contributed by atoms with Crippen LogP contribution in [0.1, 0.15) is 18.1 Å². The van der Waals surface area contributed by atoms with E-state index in [2.05, 4.69) is 43.8 Å². The van der Waals surface area contributed by atoms with Crippen LogP contribution in [-0.4, -0.2) is 12.5 Å². The number of amides is 1. The molecular formula is C25H19BrClIN2O3. The van der Waals surface area contributed by atoms with Crippen molar-refractivity contribution in [1.29, 1.82) is 5.26 Å². The maximum absolute atomic E-state index is 12.6. The van der Waals surface area contributed by atoms with Gasteiger partial charge in [0.25, 0.3) is 5.91 Å². The van der Waals surface area contributed by atoms with Crippen molar-refractivity contribution in [2.45, 2.75) is 13.5 Å². The summed E-state index contributed by atoms with van der Waals surface area (Å²) in [6, 6.07) is 20.1. The van der Waals surface area contributed by atoms with Crippen LogP contribution in [0.4, 0.5) is 5.69 Å². The summed E-state index contributed by atoms with van der Waals surface area (Å²) in [6.07, 6.45) is 1.52. The summed E-state index contributed by atoms with van der Waals surface area (Å²) in [5, 5.41) is 12.9. The minimum Gasteiger partial charge on any atom is -0.490 e. The number of halogens is 3. The van der Waals surface area contributed by atoms with Gasteiger partial charge in [-0.25, -0.2) is 0 Å². The topological polar surface area (TPSA) is 71.3 Å². The molecule has 3 aromatic carbocycles. The van der Waals surface area contributed by atoms with E-state index in [-0.39, 0.29) is 12.2 Å². The van der Waals surface area contributed by atoms with Gasteiger partial charge in [0.2, 0.25) is 0 Å². The predicted octanol–water partition coefficient (Wildman–Crippen LogP) is 7.23. The normalized spacial score (nSPS) is 10.9. The van der Waals surface area contributed by atoms with Crippen molar-refractivity contribution in [2.24, 2.45) is 0 Å². The third-order valence-electron chi connectivity index (χ3n) is 4.44. The molecule has 0 heterocycles. The second-order valence-corrected chi connectivity index (χ2v) is 9.26. The van der Waals surface area contributed by atoms with Crippen LogP contribution in [0.3, 0.4) is 0 Å². The lowest BCUT2D eigenvalue weighted by Gasteiger charge is -2.15. The van der Waals surface area contributed by atoms with Crippen LogP contribution in [0.25, 0.3) is 6.08 Å². The molecule has 0 bridgehead atoms. The largest absolute Gasteiger partial charge is 0.490 e. The second kappa shape index (κ2) is 12.1. The van der Waals surface area contributed by atoms with Gasteiger partial charge in [-0.2, -0.15) is 5.26 Å². The van der Waals surface area contributed by atoms with Crippen molar-refractivity contribution in [3.05, 3.63) is 90.4 Å². The van der Waals surface area contributed by atoms with Gasteiger partial charge in [0.05, 0.1) is 10.2 Å². The van der Waals surface area contributed by atoms with E-state index in [1.807, 2.05) is 55.5 Å². The molecule has 0 unspecified atom stereocenters. The number of anilines is 1. The van der Waals surface area contributed by atoms with Gasteiger partial charge in [0.15, 0.2) is 11.5 Å². The Hall–Kier alpha value is -2.54. The van der Waals surface area contributed by atoms with E-state index < -0.39 is 5.91 Å². The van der Waals surface area contributed by atoms with Crippen molar-refractivity contribution < 1.29 is 14.3 Å². The van der Waals surface area contributed by atoms with Gasteiger partial charge in [0, 0.05) is 20.7 Å². The van der Waals surface area contributed by atoms with Crippen LogP contribution in [-0.2, 0) is 11.4 Å². The Bertz CT molecular complexity index is 1220. The number of nitrogens with zero attached hydrogens (tertiary/aromatic N) is 1. The van der Waals surface area contributed by atoms with Crippen molar-refractivity contribution in [3.63, 3.8) is 0 Å². The summed E-state index contributed by atoms with van der Waals surface area (Å²) in [5.74, 6) is 0.604. The minimum absolute atomic E-state index is 0.0269. The van der Waals surface area contributed by atoms with Crippen LogP contribution >= 0.6 is 50.1 Å². The summed E-state index contributed by atoms with van der Waals surface area (Å²) < 4.78 is 13.5. The number of hydrogen-bond donors (Lipinski definition) is 1. The van der Waals surface area contributed by atoms with Crippen LogP contribution in [0.5, 0.6) is 11.5 Å². The number of nitrogens with one attached hydrogen (secondary N) is 1. The summed E-state index contributed by atoms with van der Waals surface area (Å²) in [6.45, 7) is 2.59. The first-order valence-corrected chi connectivity index (χ1v) is 12.2. The first kappa shape index (κ1) is 25.1. The molecule has 0 aliphatic carbocycles. The van der Waals surface area contributed by atoms with Crippen LogP contribution in [0.15, 0.2) is 70.7 Å². The molecule has 33 heavy (non-hydrogen) atoms. The molecule has 1 amide bonds. The summed E-state index contributed by atoms with van der Waals surface area (Å²) in [4.78, 5) is 12.6. The number of rotatable bonds is 8. The highest BCUT2D eigenvalue weighted by Gasteiger charge is 2.15. The van der Waals surface area contributed by atoms with Gasteiger partial charge in [-0.3, -0.25) is 4.79 Å². The standard InChI is InChI=1S/C25H19BrClIN2O3/c1-2-32-23-13-16(11-18(14-29)25(31)30-20-9-7-19(26)8-10-20)12-22(28)24(23)33-15-17-5-3-4-6-21(17)27/h3-13H,2,15H2,1H3,(H,30,31)/b18-11+. The summed E-state index contributed by atoms with van der Waals surface area (Å²) in [7, 11) is 0. The lowest BCUT2D eigenvalue weighted by Crippen LogP contribution is -2.13. The Morgan fingerprint density at radius 3 is 2.58 bits per heavy atom. The number of benzene rings is 3. The van der Waals surface area contributed by atoms with Gasteiger partial charge in [-0.1, -0.05) is 45.7 Å². The Kier molecular flexibility index (Phi) is 9.18. The molecule has 5 nitrogen and oxygen atoms in total. The highest BCUT2D eigenvalue weighted by molar-refractivity contribution is 14.1. The predicted molar refractivity (Wildman–Crippen MR) is 142 cm³/mol. The number of hydrogen-bond acceptors (Lipinski definition) is 4. The van der Waals surface area contributed by atoms with E-state index >= 15 is 0 Å². The van der Waals surface area contributed by atoms with Crippen molar-refractivity contribution >= 4 is 67.8 Å². The molecule has 1 N–H and O–H groups in total. The summed E-state index contributed by atoms with van der Waals surface area (Å²) >= 11 is 11.7. The molecule has 0 aromatic heterocycles. The molecule has 0 saturated carbocycles. The second-order valence-electron chi connectivity index (χ2n) is 6.77. The van der Waals surface area contributed by atoms with Gasteiger partial charge in [-0.15, -0.1) is 0 Å². The number of carbonyl (C=O) groups excluding carboxylic acids is 1. The van der Waals surface area contributed by atoms with Gasteiger partial charge >= 0.3 is 0 Å². The maximum Gasteiger partial charge on any atom is 0.266 e. The zero-order valence-electron chi connectivity index (χ0n) is 17.6. The fourth-order valence-electron chi connectivity index (χ4n) is 2.89. The van der Waals surface area contributed by atoms with Crippen molar-refractivity contribution in [3.8, 4) is 17.6 Å². The van der Waals surface area contributed by atoms with Crippen LogP contribution < -0.4 is 14.8 Å². The third kappa shape index (κ3) is 6.97. The molecule has 0 atom stereocenters. The molecule has 8 heteroatoms. The van der Waals surface area contributed by atoms with Gasteiger partial charge < -0.3 is 14.8 Å². The zero-order valence-corrected chi connectivity index (χ0v) is 22.1. The average molecular weight is 638 g/mol. The molecule has 3 aromatic rings. The molecule has 0 aliphatic rings. The van der Waals surface area contributed by atoms with E-state index in [4.69, 9.17) is 21.1 Å². The molecule has 0 fully saturated rings. The van der Waals surface area contributed by atoms with E-state index in [1.54, 1.807) is 18.2 Å². The Morgan fingerprint density at radius 2 is 1.91 bits per heavy atom. The van der Waals surface area contributed by atoms with E-state index in [0.29, 0.717) is 34.4 Å². The number of carbonyl (C=O) groups is 1. The zero-order chi connectivity index (χ0) is 23.8. The SMILES string of the molecule is CCOc1cc(/C=C(\C#N)C(=O)Nc2ccc(Br)cc2)cc(I)c1OCc1ccccc1Cl. The average Bonchev–Trinajstić information content (AvgIpc) is 2.79. The third-order valence-corrected chi connectivity index (χ3v) is 6.14.